The number of carbonyl (C=O) groups is 2. The third-order valence-corrected chi connectivity index (χ3v) is 6.36. The SMILES string of the molecule is CC[C@@H](C)NC(=O)[C@@H](C)N(Cc1c(Cl)cccc1Cl)C(=O)Cc1c(Cl)cccc1Cl. The summed E-state index contributed by atoms with van der Waals surface area (Å²) in [6.45, 7) is 5.63. The Morgan fingerprint density at radius 3 is 1.83 bits per heavy atom. The molecule has 0 bridgehead atoms. The molecule has 2 amide bonds. The van der Waals surface area contributed by atoms with E-state index in [-0.39, 0.29) is 30.8 Å². The van der Waals surface area contributed by atoms with Crippen LogP contribution in [0.25, 0.3) is 0 Å². The van der Waals surface area contributed by atoms with Crippen molar-refractivity contribution in [3.05, 3.63) is 67.6 Å². The summed E-state index contributed by atoms with van der Waals surface area (Å²) < 4.78 is 0. The number of benzene rings is 2. The summed E-state index contributed by atoms with van der Waals surface area (Å²) in [5.41, 5.74) is 1.08. The number of nitrogens with zero attached hydrogens (tertiary/aromatic N) is 1. The molecule has 1 N–H and O–H groups in total. The number of rotatable bonds is 8. The number of halogens is 4. The van der Waals surface area contributed by atoms with Crippen molar-refractivity contribution in [3.8, 4) is 0 Å². The Morgan fingerprint density at radius 2 is 1.37 bits per heavy atom. The Labute approximate surface area is 197 Å². The second-order valence-electron chi connectivity index (χ2n) is 7.09. The zero-order valence-corrected chi connectivity index (χ0v) is 20.0. The van der Waals surface area contributed by atoms with Crippen molar-refractivity contribution in [1.29, 1.82) is 0 Å². The standard InChI is InChI=1S/C22H24Cl4N2O2/c1-4-13(2)27-22(30)14(3)28(12-16-19(25)9-6-10-20(16)26)21(29)11-15-17(23)7-5-8-18(15)24/h5-10,13-14H,4,11-12H2,1-3H3,(H,27,30)/t13-,14-/m1/s1. The first kappa shape index (κ1) is 24.8. The average Bonchev–Trinajstić information content (AvgIpc) is 2.69. The van der Waals surface area contributed by atoms with Crippen molar-refractivity contribution in [1.82, 2.24) is 10.2 Å². The maximum absolute atomic E-state index is 13.3. The summed E-state index contributed by atoms with van der Waals surface area (Å²) in [6.07, 6.45) is 0.722. The van der Waals surface area contributed by atoms with Gasteiger partial charge in [-0.25, -0.2) is 0 Å². The molecule has 0 aliphatic heterocycles. The van der Waals surface area contributed by atoms with Crippen molar-refractivity contribution in [2.75, 3.05) is 0 Å². The number of nitrogens with one attached hydrogen (secondary N) is 1. The first-order valence-electron chi connectivity index (χ1n) is 9.61. The van der Waals surface area contributed by atoms with Crippen LogP contribution in [0.1, 0.15) is 38.3 Å². The van der Waals surface area contributed by atoms with Crippen LogP contribution in [0.4, 0.5) is 0 Å². The smallest absolute Gasteiger partial charge is 0.242 e. The third-order valence-electron chi connectivity index (χ3n) is 4.95. The number of hydrogen-bond acceptors (Lipinski definition) is 2. The van der Waals surface area contributed by atoms with Crippen LogP contribution in [0.2, 0.25) is 20.1 Å². The molecule has 8 heteroatoms. The molecule has 0 fully saturated rings. The lowest BCUT2D eigenvalue weighted by atomic mass is 10.1. The highest BCUT2D eigenvalue weighted by Crippen LogP contribution is 2.29. The van der Waals surface area contributed by atoms with Gasteiger partial charge in [0.25, 0.3) is 0 Å². The molecule has 0 aliphatic rings. The molecular weight excluding hydrogens is 466 g/mol. The number of carbonyl (C=O) groups excluding carboxylic acids is 2. The highest BCUT2D eigenvalue weighted by Gasteiger charge is 2.28. The minimum absolute atomic E-state index is 0.0150. The maximum Gasteiger partial charge on any atom is 0.242 e. The first-order chi connectivity index (χ1) is 14.1. The van der Waals surface area contributed by atoms with Crippen molar-refractivity contribution >= 4 is 58.2 Å². The quantitative estimate of drug-likeness (QED) is 0.481. The average molecular weight is 490 g/mol. The summed E-state index contributed by atoms with van der Waals surface area (Å²) in [7, 11) is 0. The van der Waals surface area contributed by atoms with Gasteiger partial charge in [0, 0.05) is 38.2 Å². The van der Waals surface area contributed by atoms with E-state index in [1.54, 1.807) is 43.3 Å². The van der Waals surface area contributed by atoms with Crippen molar-refractivity contribution in [2.45, 2.75) is 52.2 Å². The van der Waals surface area contributed by atoms with Gasteiger partial charge in [-0.05, 0) is 50.1 Å². The molecule has 2 aromatic carbocycles. The van der Waals surface area contributed by atoms with Crippen LogP contribution in [0.3, 0.4) is 0 Å². The summed E-state index contributed by atoms with van der Waals surface area (Å²) >= 11 is 25.1. The highest BCUT2D eigenvalue weighted by molar-refractivity contribution is 6.36. The van der Waals surface area contributed by atoms with Gasteiger partial charge in [0.1, 0.15) is 6.04 Å². The Balaban J connectivity index is 2.37. The number of hydrogen-bond donors (Lipinski definition) is 1. The molecule has 0 aromatic heterocycles. The zero-order chi connectivity index (χ0) is 22.4. The highest BCUT2D eigenvalue weighted by atomic mass is 35.5. The fraction of sp³-hybridized carbons (Fsp3) is 0.364. The van der Waals surface area contributed by atoms with Gasteiger partial charge in [0.15, 0.2) is 0 Å². The van der Waals surface area contributed by atoms with Crippen LogP contribution in [0.15, 0.2) is 36.4 Å². The lowest BCUT2D eigenvalue weighted by Crippen LogP contribution is -2.50. The first-order valence-corrected chi connectivity index (χ1v) is 11.1. The Kier molecular flexibility index (Phi) is 9.30. The monoisotopic (exact) mass is 488 g/mol. The van der Waals surface area contributed by atoms with Crippen LogP contribution in [0, 0.1) is 0 Å². The molecule has 4 nitrogen and oxygen atoms in total. The predicted molar refractivity (Wildman–Crippen MR) is 125 cm³/mol. The van der Waals surface area contributed by atoms with Crippen LogP contribution < -0.4 is 5.32 Å². The van der Waals surface area contributed by atoms with Crippen molar-refractivity contribution in [2.24, 2.45) is 0 Å². The van der Waals surface area contributed by atoms with E-state index in [1.807, 2.05) is 13.8 Å². The molecule has 0 aliphatic carbocycles. The van der Waals surface area contributed by atoms with Gasteiger partial charge < -0.3 is 10.2 Å². The van der Waals surface area contributed by atoms with E-state index in [0.717, 1.165) is 6.42 Å². The molecule has 0 spiro atoms. The Bertz CT molecular complexity index is 880. The summed E-state index contributed by atoms with van der Waals surface area (Å²) in [5.74, 6) is -0.570. The lowest BCUT2D eigenvalue weighted by Gasteiger charge is -2.30. The van der Waals surface area contributed by atoms with Crippen molar-refractivity contribution < 1.29 is 9.59 Å². The van der Waals surface area contributed by atoms with E-state index in [9.17, 15) is 9.59 Å². The zero-order valence-electron chi connectivity index (χ0n) is 17.0. The topological polar surface area (TPSA) is 49.4 Å². The molecule has 0 heterocycles. The summed E-state index contributed by atoms with van der Waals surface area (Å²) in [4.78, 5) is 27.5. The second kappa shape index (κ2) is 11.2. The second-order valence-corrected chi connectivity index (χ2v) is 8.72. The number of amides is 2. The Hall–Kier alpha value is -1.46. The van der Waals surface area contributed by atoms with Crippen LogP contribution >= 0.6 is 46.4 Å². The maximum atomic E-state index is 13.3. The molecule has 0 saturated carbocycles. The van der Waals surface area contributed by atoms with E-state index in [0.29, 0.717) is 31.2 Å². The fourth-order valence-electron chi connectivity index (χ4n) is 2.86. The van der Waals surface area contributed by atoms with Gasteiger partial charge >= 0.3 is 0 Å². The van der Waals surface area contributed by atoms with Crippen LogP contribution in [-0.4, -0.2) is 28.8 Å². The predicted octanol–water partition coefficient (Wildman–Crippen LogP) is 6.17. The van der Waals surface area contributed by atoms with Gasteiger partial charge in [-0.2, -0.15) is 0 Å². The summed E-state index contributed by atoms with van der Waals surface area (Å²) in [5, 5.41) is 4.54. The molecular formula is C22H24Cl4N2O2. The molecule has 0 saturated heterocycles. The fourth-order valence-corrected chi connectivity index (χ4v) is 3.90. The lowest BCUT2D eigenvalue weighted by molar-refractivity contribution is -0.140. The van der Waals surface area contributed by atoms with E-state index >= 15 is 0 Å². The minimum atomic E-state index is -0.750. The van der Waals surface area contributed by atoms with Crippen LogP contribution in [0.5, 0.6) is 0 Å². The van der Waals surface area contributed by atoms with E-state index < -0.39 is 6.04 Å². The van der Waals surface area contributed by atoms with Crippen LogP contribution in [-0.2, 0) is 22.6 Å². The molecule has 30 heavy (non-hydrogen) atoms. The van der Waals surface area contributed by atoms with Crippen molar-refractivity contribution in [3.63, 3.8) is 0 Å². The van der Waals surface area contributed by atoms with Gasteiger partial charge in [-0.3, -0.25) is 9.59 Å². The molecule has 0 unspecified atom stereocenters. The van der Waals surface area contributed by atoms with Gasteiger partial charge in [0.05, 0.1) is 6.42 Å². The molecule has 2 atom stereocenters. The largest absolute Gasteiger partial charge is 0.352 e. The third kappa shape index (κ3) is 6.27. The Morgan fingerprint density at radius 1 is 0.900 bits per heavy atom. The summed E-state index contributed by atoms with van der Waals surface area (Å²) in [6, 6.07) is 9.40. The molecule has 162 valence electrons. The molecule has 2 aromatic rings. The van der Waals surface area contributed by atoms with E-state index in [2.05, 4.69) is 5.32 Å². The van der Waals surface area contributed by atoms with Gasteiger partial charge in [0.2, 0.25) is 11.8 Å². The molecule has 2 rings (SSSR count). The molecule has 0 radical (unpaired) electrons. The van der Waals surface area contributed by atoms with E-state index in [1.165, 1.54) is 4.90 Å². The normalized spacial score (nSPS) is 12.9. The minimum Gasteiger partial charge on any atom is -0.352 e. The van der Waals surface area contributed by atoms with Gasteiger partial charge in [-0.1, -0.05) is 65.5 Å². The van der Waals surface area contributed by atoms with E-state index in [4.69, 9.17) is 46.4 Å². The van der Waals surface area contributed by atoms with Gasteiger partial charge in [-0.15, -0.1) is 0 Å².